The van der Waals surface area contributed by atoms with Crippen LogP contribution in [-0.2, 0) is 9.53 Å². The summed E-state index contributed by atoms with van der Waals surface area (Å²) < 4.78 is 10.8. The number of amides is 1. The summed E-state index contributed by atoms with van der Waals surface area (Å²) in [5.41, 5.74) is 2.15. The summed E-state index contributed by atoms with van der Waals surface area (Å²) in [6.07, 6.45) is 1.79. The number of carbonyl (C=O) groups is 1. The number of ether oxygens (including phenoxy) is 2. The van der Waals surface area contributed by atoms with E-state index in [1.807, 2.05) is 24.3 Å². The Hall–Kier alpha value is -2.81. The summed E-state index contributed by atoms with van der Waals surface area (Å²) >= 11 is 5.99. The lowest BCUT2D eigenvalue weighted by atomic mass is 10.0. The Labute approximate surface area is 163 Å². The normalized spacial score (nSPS) is 14.5. The third-order valence-electron chi connectivity index (χ3n) is 4.17. The lowest BCUT2D eigenvalue weighted by molar-refractivity contribution is -0.137. The molecule has 0 N–H and O–H groups in total. The van der Waals surface area contributed by atoms with Gasteiger partial charge in [-0.1, -0.05) is 35.9 Å². The summed E-state index contributed by atoms with van der Waals surface area (Å²) in [6.45, 7) is 2.35. The van der Waals surface area contributed by atoms with Gasteiger partial charge in [-0.3, -0.25) is 4.79 Å². The molecule has 5 nitrogen and oxygen atoms in total. The maximum absolute atomic E-state index is 12.1. The van der Waals surface area contributed by atoms with Crippen LogP contribution in [-0.4, -0.2) is 43.7 Å². The van der Waals surface area contributed by atoms with E-state index >= 15 is 0 Å². The molecule has 0 saturated carbocycles. The van der Waals surface area contributed by atoms with Gasteiger partial charge in [0.25, 0.3) is 5.91 Å². The highest BCUT2D eigenvalue weighted by Gasteiger charge is 2.17. The van der Waals surface area contributed by atoms with Gasteiger partial charge in [-0.05, 0) is 41.5 Å². The Kier molecular flexibility index (Phi) is 6.48. The monoisotopic (exact) mass is 382 g/mol. The summed E-state index contributed by atoms with van der Waals surface area (Å²) in [5, 5.41) is 10.0. The average Bonchev–Trinajstić information content (AvgIpc) is 2.71. The third kappa shape index (κ3) is 5.33. The number of hydrogen-bond donors (Lipinski definition) is 0. The van der Waals surface area contributed by atoms with Crippen LogP contribution in [0.3, 0.4) is 0 Å². The molecule has 3 rings (SSSR count). The predicted octanol–water partition coefficient (Wildman–Crippen LogP) is 3.64. The molecule has 138 valence electrons. The van der Waals surface area contributed by atoms with Gasteiger partial charge in [0.1, 0.15) is 5.75 Å². The molecule has 1 fully saturated rings. The van der Waals surface area contributed by atoms with Crippen molar-refractivity contribution in [3.8, 4) is 11.8 Å². The number of morpholine rings is 1. The van der Waals surface area contributed by atoms with E-state index in [-0.39, 0.29) is 12.5 Å². The molecule has 0 aromatic heterocycles. The lowest BCUT2D eigenvalue weighted by Gasteiger charge is -2.26. The minimum Gasteiger partial charge on any atom is -0.484 e. The summed E-state index contributed by atoms with van der Waals surface area (Å²) in [4.78, 5) is 13.8. The van der Waals surface area contributed by atoms with Gasteiger partial charge in [0, 0.05) is 18.1 Å². The fourth-order valence-corrected chi connectivity index (χ4v) is 2.90. The Morgan fingerprint density at radius 2 is 1.96 bits per heavy atom. The number of rotatable bonds is 5. The highest BCUT2D eigenvalue weighted by atomic mass is 35.5. The molecule has 0 radical (unpaired) electrons. The van der Waals surface area contributed by atoms with Crippen molar-refractivity contribution >= 4 is 29.2 Å². The Bertz CT molecular complexity index is 866. The molecule has 1 amide bonds. The number of nitrogens with zero attached hydrogens (tertiary/aromatic N) is 2. The molecule has 1 aliphatic heterocycles. The first kappa shape index (κ1) is 19.0. The maximum atomic E-state index is 12.1. The Morgan fingerprint density at radius 3 is 2.63 bits per heavy atom. The first-order valence-electron chi connectivity index (χ1n) is 8.62. The van der Waals surface area contributed by atoms with Crippen LogP contribution in [0.2, 0.25) is 5.02 Å². The molecule has 1 heterocycles. The van der Waals surface area contributed by atoms with Crippen molar-refractivity contribution in [2.24, 2.45) is 0 Å². The SMILES string of the molecule is N#C/C(=C\c1ccc(OCC(=O)N2CCOCC2)cc1)c1cccc(Cl)c1. The second-order valence-corrected chi connectivity index (χ2v) is 6.47. The van der Waals surface area contributed by atoms with Crippen LogP contribution in [0.15, 0.2) is 48.5 Å². The van der Waals surface area contributed by atoms with Gasteiger partial charge in [-0.2, -0.15) is 5.26 Å². The molecule has 1 aliphatic rings. The second-order valence-electron chi connectivity index (χ2n) is 6.03. The van der Waals surface area contributed by atoms with Crippen LogP contribution in [0.5, 0.6) is 5.75 Å². The molecule has 0 atom stereocenters. The minimum absolute atomic E-state index is 0.00114. The van der Waals surface area contributed by atoms with Crippen molar-refractivity contribution in [2.45, 2.75) is 0 Å². The van der Waals surface area contributed by atoms with Crippen molar-refractivity contribution < 1.29 is 14.3 Å². The van der Waals surface area contributed by atoms with E-state index in [4.69, 9.17) is 21.1 Å². The lowest BCUT2D eigenvalue weighted by Crippen LogP contribution is -2.42. The maximum Gasteiger partial charge on any atom is 0.260 e. The summed E-state index contributed by atoms with van der Waals surface area (Å²) in [7, 11) is 0. The van der Waals surface area contributed by atoms with E-state index in [1.54, 1.807) is 35.2 Å². The van der Waals surface area contributed by atoms with Gasteiger partial charge in [0.15, 0.2) is 6.61 Å². The highest BCUT2D eigenvalue weighted by Crippen LogP contribution is 2.22. The van der Waals surface area contributed by atoms with E-state index in [0.717, 1.165) is 11.1 Å². The van der Waals surface area contributed by atoms with E-state index in [0.29, 0.717) is 42.6 Å². The zero-order chi connectivity index (χ0) is 19.1. The van der Waals surface area contributed by atoms with Crippen LogP contribution < -0.4 is 4.74 Å². The minimum atomic E-state index is -0.0463. The van der Waals surface area contributed by atoms with Gasteiger partial charge < -0.3 is 14.4 Å². The second kappa shape index (κ2) is 9.22. The van der Waals surface area contributed by atoms with Crippen molar-refractivity contribution in [1.82, 2.24) is 4.90 Å². The van der Waals surface area contributed by atoms with Gasteiger partial charge in [-0.15, -0.1) is 0 Å². The molecule has 27 heavy (non-hydrogen) atoms. The number of benzene rings is 2. The fraction of sp³-hybridized carbons (Fsp3) is 0.238. The predicted molar refractivity (Wildman–Crippen MR) is 104 cm³/mol. The fourth-order valence-electron chi connectivity index (χ4n) is 2.71. The first-order valence-corrected chi connectivity index (χ1v) is 8.99. The molecule has 0 bridgehead atoms. The van der Waals surface area contributed by atoms with Crippen LogP contribution in [0, 0.1) is 11.3 Å². The molecule has 0 aliphatic carbocycles. The molecule has 2 aromatic carbocycles. The van der Waals surface area contributed by atoms with Crippen molar-refractivity contribution in [2.75, 3.05) is 32.9 Å². The zero-order valence-corrected chi connectivity index (χ0v) is 15.5. The Balaban J connectivity index is 1.62. The standard InChI is InChI=1S/C21H19ClN2O3/c22-19-3-1-2-17(13-19)18(14-23)12-16-4-6-20(7-5-16)27-15-21(25)24-8-10-26-11-9-24/h1-7,12-13H,8-11,15H2/b18-12+. The number of carbonyl (C=O) groups excluding carboxylic acids is 1. The highest BCUT2D eigenvalue weighted by molar-refractivity contribution is 6.30. The number of hydrogen-bond acceptors (Lipinski definition) is 4. The number of nitriles is 1. The van der Waals surface area contributed by atoms with E-state index in [9.17, 15) is 10.1 Å². The van der Waals surface area contributed by atoms with E-state index in [2.05, 4.69) is 6.07 Å². The number of allylic oxidation sites excluding steroid dienone is 1. The zero-order valence-electron chi connectivity index (χ0n) is 14.7. The topological polar surface area (TPSA) is 62.6 Å². The van der Waals surface area contributed by atoms with Crippen molar-refractivity contribution in [3.63, 3.8) is 0 Å². The van der Waals surface area contributed by atoms with Crippen LogP contribution in [0.25, 0.3) is 11.6 Å². The summed E-state index contributed by atoms with van der Waals surface area (Å²) in [5.74, 6) is 0.560. The molecule has 0 unspecified atom stereocenters. The molecule has 6 heteroatoms. The van der Waals surface area contributed by atoms with Gasteiger partial charge in [0.05, 0.1) is 24.9 Å². The van der Waals surface area contributed by atoms with E-state index < -0.39 is 0 Å². The van der Waals surface area contributed by atoms with Crippen molar-refractivity contribution in [3.05, 3.63) is 64.7 Å². The average molecular weight is 383 g/mol. The first-order chi connectivity index (χ1) is 13.2. The van der Waals surface area contributed by atoms with E-state index in [1.165, 1.54) is 0 Å². The third-order valence-corrected chi connectivity index (χ3v) is 4.41. The number of halogens is 1. The van der Waals surface area contributed by atoms with Gasteiger partial charge in [0.2, 0.25) is 0 Å². The molecule has 1 saturated heterocycles. The smallest absolute Gasteiger partial charge is 0.260 e. The van der Waals surface area contributed by atoms with Crippen LogP contribution in [0.4, 0.5) is 0 Å². The summed E-state index contributed by atoms with van der Waals surface area (Å²) in [6, 6.07) is 16.6. The quantitative estimate of drug-likeness (QED) is 0.585. The molecular formula is C21H19ClN2O3. The Morgan fingerprint density at radius 1 is 1.22 bits per heavy atom. The van der Waals surface area contributed by atoms with Gasteiger partial charge >= 0.3 is 0 Å². The van der Waals surface area contributed by atoms with Gasteiger partial charge in [-0.25, -0.2) is 0 Å². The molecule has 2 aromatic rings. The van der Waals surface area contributed by atoms with Crippen LogP contribution >= 0.6 is 11.6 Å². The van der Waals surface area contributed by atoms with Crippen molar-refractivity contribution in [1.29, 1.82) is 5.26 Å². The largest absolute Gasteiger partial charge is 0.484 e. The molecule has 0 spiro atoms. The van der Waals surface area contributed by atoms with Crippen LogP contribution in [0.1, 0.15) is 11.1 Å². The molecular weight excluding hydrogens is 364 g/mol.